The molecule has 2 aliphatic rings. The summed E-state index contributed by atoms with van der Waals surface area (Å²) in [6.07, 6.45) is 4.89. The maximum atomic E-state index is 12.5. The number of nitrogens with zero attached hydrogens (tertiary/aromatic N) is 1. The number of Topliss-reactive ketones (excluding diaryl/α,β-unsaturated/α-hetero) is 1. The number of hydrogen-bond acceptors (Lipinski definition) is 5. The van der Waals surface area contributed by atoms with E-state index in [9.17, 15) is 9.59 Å². The molecule has 2 fully saturated rings. The second-order valence-electron chi connectivity index (χ2n) is 7.26. The molecule has 2 aliphatic heterocycles. The van der Waals surface area contributed by atoms with Crippen molar-refractivity contribution in [3.05, 3.63) is 23.8 Å². The molecule has 7 heteroatoms. The number of fused-ring (bicyclic) bond motifs is 2. The Morgan fingerprint density at radius 1 is 1.07 bits per heavy atom. The highest BCUT2D eigenvalue weighted by Gasteiger charge is 2.36. The van der Waals surface area contributed by atoms with Gasteiger partial charge in [-0.05, 0) is 43.9 Å². The number of amides is 1. The number of rotatable bonds is 7. The summed E-state index contributed by atoms with van der Waals surface area (Å²) in [5.74, 6) is 1.09. The fourth-order valence-electron chi connectivity index (χ4n) is 4.10. The van der Waals surface area contributed by atoms with Crippen molar-refractivity contribution >= 4 is 24.1 Å². The Balaban J connectivity index is 0.00000261. The van der Waals surface area contributed by atoms with Crippen LogP contribution < -0.4 is 14.8 Å². The molecule has 150 valence electrons. The Labute approximate surface area is 167 Å². The summed E-state index contributed by atoms with van der Waals surface area (Å²) in [5, 5.41) is 3.59. The summed E-state index contributed by atoms with van der Waals surface area (Å²) in [4.78, 5) is 26.9. The van der Waals surface area contributed by atoms with E-state index in [1.165, 1.54) is 20.0 Å². The number of ether oxygens (including phenoxy) is 2. The minimum atomic E-state index is -0.0573. The van der Waals surface area contributed by atoms with Crippen LogP contribution in [0.15, 0.2) is 18.2 Å². The molecule has 27 heavy (non-hydrogen) atoms. The van der Waals surface area contributed by atoms with Gasteiger partial charge in [-0.3, -0.25) is 9.59 Å². The molecule has 0 saturated carbocycles. The maximum absolute atomic E-state index is 12.5. The van der Waals surface area contributed by atoms with E-state index < -0.39 is 0 Å². The van der Waals surface area contributed by atoms with E-state index in [0.29, 0.717) is 29.1 Å². The number of benzene rings is 1. The molecule has 3 rings (SSSR count). The van der Waals surface area contributed by atoms with Crippen LogP contribution in [-0.4, -0.2) is 56.0 Å². The topological polar surface area (TPSA) is 67.9 Å². The van der Waals surface area contributed by atoms with Crippen LogP contribution in [-0.2, 0) is 4.79 Å². The molecular formula is C20H29ClN2O4. The molecule has 1 N–H and O–H groups in total. The zero-order chi connectivity index (χ0) is 18.7. The van der Waals surface area contributed by atoms with Gasteiger partial charge < -0.3 is 19.7 Å². The lowest BCUT2D eigenvalue weighted by Crippen LogP contribution is -2.48. The molecule has 0 aromatic heterocycles. The third-order valence-corrected chi connectivity index (χ3v) is 5.66. The lowest BCUT2D eigenvalue weighted by Gasteiger charge is -2.35. The molecule has 6 nitrogen and oxygen atoms in total. The fourth-order valence-corrected chi connectivity index (χ4v) is 4.10. The summed E-state index contributed by atoms with van der Waals surface area (Å²) < 4.78 is 10.4. The van der Waals surface area contributed by atoms with Gasteiger partial charge >= 0.3 is 0 Å². The summed E-state index contributed by atoms with van der Waals surface area (Å²) in [6, 6.07) is 6.47. The summed E-state index contributed by atoms with van der Waals surface area (Å²) >= 11 is 0. The molecule has 2 atom stereocenters. The number of methoxy groups -OCH3 is 2. The number of carbonyl (C=O) groups is 2. The molecule has 2 heterocycles. The average molecular weight is 397 g/mol. The predicted octanol–water partition coefficient (Wildman–Crippen LogP) is 2.83. The van der Waals surface area contributed by atoms with Crippen LogP contribution in [0.25, 0.3) is 0 Å². The lowest BCUT2D eigenvalue weighted by molar-refractivity contribution is -0.132. The van der Waals surface area contributed by atoms with Crippen LogP contribution in [0.1, 0.15) is 48.9 Å². The number of halogens is 1. The van der Waals surface area contributed by atoms with E-state index in [1.54, 1.807) is 25.3 Å². The first-order valence-electron chi connectivity index (χ1n) is 9.28. The van der Waals surface area contributed by atoms with Crippen LogP contribution in [0, 0.1) is 0 Å². The summed E-state index contributed by atoms with van der Waals surface area (Å²) in [5.41, 5.74) is 0.540. The number of piperidine rings is 1. The maximum Gasteiger partial charge on any atom is 0.223 e. The van der Waals surface area contributed by atoms with Gasteiger partial charge in [0.05, 0.1) is 14.2 Å². The zero-order valence-electron chi connectivity index (χ0n) is 16.2. The van der Waals surface area contributed by atoms with Gasteiger partial charge in [-0.2, -0.15) is 0 Å². The van der Waals surface area contributed by atoms with Crippen molar-refractivity contribution in [2.45, 2.75) is 56.7 Å². The van der Waals surface area contributed by atoms with Crippen LogP contribution in [0.4, 0.5) is 0 Å². The summed E-state index contributed by atoms with van der Waals surface area (Å²) in [6.45, 7) is 0. The Morgan fingerprint density at radius 2 is 1.70 bits per heavy atom. The standard InChI is InChI=1S/C20H28N2O4.ClH/c1-22(16-11-14-5-6-15(12-16)21-14)20(24)9-7-17(23)13-4-8-18(25-2)19(10-13)26-3;/h4,8,10,14-16,21H,5-7,9,11-12H2,1-3H3;1H. The van der Waals surface area contributed by atoms with Crippen LogP contribution in [0.3, 0.4) is 0 Å². The minimum Gasteiger partial charge on any atom is -0.493 e. The van der Waals surface area contributed by atoms with E-state index in [0.717, 1.165) is 12.8 Å². The Kier molecular flexibility index (Phi) is 7.50. The van der Waals surface area contributed by atoms with Crippen molar-refractivity contribution in [2.24, 2.45) is 0 Å². The number of carbonyl (C=O) groups excluding carboxylic acids is 2. The smallest absolute Gasteiger partial charge is 0.223 e. The van der Waals surface area contributed by atoms with Gasteiger partial charge in [0.1, 0.15) is 0 Å². The van der Waals surface area contributed by atoms with Gasteiger partial charge in [0.25, 0.3) is 0 Å². The SMILES string of the molecule is COc1ccc(C(=O)CCC(=O)N(C)C2CC3CCC(C2)N3)cc1OC.Cl. The second kappa shape index (κ2) is 9.42. The van der Waals surface area contributed by atoms with Crippen LogP contribution >= 0.6 is 12.4 Å². The highest BCUT2D eigenvalue weighted by Crippen LogP contribution is 2.30. The minimum absolute atomic E-state index is 0. The van der Waals surface area contributed by atoms with E-state index in [-0.39, 0.29) is 43.0 Å². The van der Waals surface area contributed by atoms with E-state index in [4.69, 9.17) is 9.47 Å². The summed E-state index contributed by atoms with van der Waals surface area (Å²) in [7, 11) is 4.97. The second-order valence-corrected chi connectivity index (χ2v) is 7.26. The molecule has 2 unspecified atom stereocenters. The fraction of sp³-hybridized carbons (Fsp3) is 0.600. The number of hydrogen-bond donors (Lipinski definition) is 1. The molecule has 2 saturated heterocycles. The average Bonchev–Trinajstić information content (AvgIpc) is 3.02. The van der Waals surface area contributed by atoms with Gasteiger partial charge in [0.2, 0.25) is 5.91 Å². The zero-order valence-corrected chi connectivity index (χ0v) is 17.0. The number of ketones is 1. The highest BCUT2D eigenvalue weighted by molar-refractivity contribution is 5.98. The molecule has 1 amide bonds. The quantitative estimate of drug-likeness (QED) is 0.718. The van der Waals surface area contributed by atoms with Gasteiger partial charge in [-0.15, -0.1) is 12.4 Å². The Morgan fingerprint density at radius 3 is 2.30 bits per heavy atom. The van der Waals surface area contributed by atoms with Gasteiger partial charge in [0, 0.05) is 43.6 Å². The Bertz CT molecular complexity index is 670. The van der Waals surface area contributed by atoms with Crippen molar-refractivity contribution in [3.8, 4) is 11.5 Å². The van der Waals surface area contributed by atoms with Crippen molar-refractivity contribution in [1.29, 1.82) is 0 Å². The molecule has 2 bridgehead atoms. The predicted molar refractivity (Wildman–Crippen MR) is 106 cm³/mol. The highest BCUT2D eigenvalue weighted by atomic mass is 35.5. The van der Waals surface area contributed by atoms with Gasteiger partial charge in [-0.1, -0.05) is 0 Å². The monoisotopic (exact) mass is 396 g/mol. The van der Waals surface area contributed by atoms with Crippen LogP contribution in [0.5, 0.6) is 11.5 Å². The molecular weight excluding hydrogens is 368 g/mol. The molecule has 0 radical (unpaired) electrons. The molecule has 0 aliphatic carbocycles. The normalized spacial score (nSPS) is 23.3. The van der Waals surface area contributed by atoms with Gasteiger partial charge in [0.15, 0.2) is 17.3 Å². The van der Waals surface area contributed by atoms with Crippen molar-refractivity contribution in [3.63, 3.8) is 0 Å². The van der Waals surface area contributed by atoms with Crippen molar-refractivity contribution in [2.75, 3.05) is 21.3 Å². The van der Waals surface area contributed by atoms with Crippen molar-refractivity contribution in [1.82, 2.24) is 10.2 Å². The molecule has 0 spiro atoms. The van der Waals surface area contributed by atoms with E-state index >= 15 is 0 Å². The molecule has 1 aromatic carbocycles. The number of nitrogens with one attached hydrogen (secondary N) is 1. The van der Waals surface area contributed by atoms with E-state index in [2.05, 4.69) is 5.32 Å². The van der Waals surface area contributed by atoms with Gasteiger partial charge in [-0.25, -0.2) is 0 Å². The third kappa shape index (κ3) is 4.93. The van der Waals surface area contributed by atoms with E-state index in [1.807, 2.05) is 11.9 Å². The third-order valence-electron chi connectivity index (χ3n) is 5.66. The van der Waals surface area contributed by atoms with Crippen LogP contribution in [0.2, 0.25) is 0 Å². The first-order valence-corrected chi connectivity index (χ1v) is 9.28. The Hall–Kier alpha value is -1.79. The lowest BCUT2D eigenvalue weighted by atomic mass is 9.98. The first kappa shape index (κ1) is 21.5. The largest absolute Gasteiger partial charge is 0.493 e. The first-order chi connectivity index (χ1) is 12.5. The van der Waals surface area contributed by atoms with Crippen molar-refractivity contribution < 1.29 is 19.1 Å². The molecule has 1 aromatic rings.